The summed E-state index contributed by atoms with van der Waals surface area (Å²) in [6, 6.07) is 10.8. The van der Waals surface area contributed by atoms with E-state index in [4.69, 9.17) is 25.8 Å². The normalized spacial score (nSPS) is 24.7. The Hall–Kier alpha value is -2.48. The number of hydrogen-bond donors (Lipinski definition) is 2. The van der Waals surface area contributed by atoms with Crippen LogP contribution in [0.2, 0.25) is 5.02 Å². The maximum Gasteiger partial charge on any atom is 0.238 e. The van der Waals surface area contributed by atoms with Gasteiger partial charge in [0.15, 0.2) is 11.5 Å². The van der Waals surface area contributed by atoms with Crippen LogP contribution < -0.4 is 19.5 Å². The van der Waals surface area contributed by atoms with Crippen LogP contribution >= 0.6 is 11.6 Å². The SMILES string of the molecule is COc1cc([C@@H]2[C@H]3CCCC[C@]3(O)CCN2CC(=O)Nc2ccc(Cl)cc2)cc(OC)c1OC. The van der Waals surface area contributed by atoms with Crippen molar-refractivity contribution in [3.8, 4) is 17.2 Å². The summed E-state index contributed by atoms with van der Waals surface area (Å²) in [5.74, 6) is 1.54. The van der Waals surface area contributed by atoms with Gasteiger partial charge in [-0.1, -0.05) is 24.4 Å². The van der Waals surface area contributed by atoms with Gasteiger partial charge in [-0.3, -0.25) is 9.69 Å². The van der Waals surface area contributed by atoms with Crippen molar-refractivity contribution in [2.24, 2.45) is 5.92 Å². The number of methoxy groups -OCH3 is 3. The predicted molar refractivity (Wildman–Crippen MR) is 132 cm³/mol. The molecule has 1 aliphatic carbocycles. The van der Waals surface area contributed by atoms with E-state index in [1.54, 1.807) is 45.6 Å². The fourth-order valence-corrected chi connectivity index (χ4v) is 5.68. The number of piperidine rings is 1. The van der Waals surface area contributed by atoms with Gasteiger partial charge in [-0.15, -0.1) is 0 Å². The molecule has 1 amide bonds. The molecule has 0 radical (unpaired) electrons. The molecule has 8 heteroatoms. The van der Waals surface area contributed by atoms with Crippen molar-refractivity contribution in [2.75, 3.05) is 39.7 Å². The van der Waals surface area contributed by atoms with Crippen molar-refractivity contribution >= 4 is 23.2 Å². The number of benzene rings is 2. The number of halogens is 1. The molecular weight excluding hydrogens is 456 g/mol. The second kappa shape index (κ2) is 10.4. The first-order chi connectivity index (χ1) is 16.4. The summed E-state index contributed by atoms with van der Waals surface area (Å²) in [5, 5.41) is 15.1. The van der Waals surface area contributed by atoms with Gasteiger partial charge in [0.1, 0.15) is 0 Å². The number of carbonyl (C=O) groups excluding carboxylic acids is 1. The Labute approximate surface area is 205 Å². The third-order valence-electron chi connectivity index (χ3n) is 7.17. The van der Waals surface area contributed by atoms with Gasteiger partial charge in [0, 0.05) is 29.2 Å². The number of rotatable bonds is 7. The molecule has 0 bridgehead atoms. The molecule has 4 rings (SSSR count). The van der Waals surface area contributed by atoms with Crippen LogP contribution in [0.4, 0.5) is 5.69 Å². The highest BCUT2D eigenvalue weighted by atomic mass is 35.5. The molecule has 2 aromatic rings. The van der Waals surface area contributed by atoms with E-state index in [0.717, 1.165) is 31.2 Å². The van der Waals surface area contributed by atoms with Crippen molar-refractivity contribution in [1.29, 1.82) is 0 Å². The number of likely N-dealkylation sites (tertiary alicyclic amines) is 1. The molecular formula is C26H33ClN2O5. The molecule has 1 heterocycles. The summed E-state index contributed by atoms with van der Waals surface area (Å²) in [4.78, 5) is 15.2. The van der Waals surface area contributed by atoms with E-state index in [1.165, 1.54) is 0 Å². The molecule has 3 atom stereocenters. The van der Waals surface area contributed by atoms with Crippen LogP contribution in [0.5, 0.6) is 17.2 Å². The first-order valence-corrected chi connectivity index (χ1v) is 12.1. The molecule has 184 valence electrons. The number of fused-ring (bicyclic) bond motifs is 1. The van der Waals surface area contributed by atoms with Gasteiger partial charge in [-0.2, -0.15) is 0 Å². The van der Waals surface area contributed by atoms with Crippen LogP contribution in [0.3, 0.4) is 0 Å². The molecule has 7 nitrogen and oxygen atoms in total. The molecule has 1 saturated heterocycles. The van der Waals surface area contributed by atoms with Crippen molar-refractivity contribution in [1.82, 2.24) is 4.90 Å². The minimum atomic E-state index is -0.744. The van der Waals surface area contributed by atoms with E-state index in [9.17, 15) is 9.90 Å². The lowest BCUT2D eigenvalue weighted by Gasteiger charge is -2.52. The first kappa shape index (κ1) is 24.6. The Morgan fingerprint density at radius 2 is 1.76 bits per heavy atom. The van der Waals surface area contributed by atoms with Gasteiger partial charge in [-0.05, 0) is 61.2 Å². The van der Waals surface area contributed by atoms with Gasteiger partial charge >= 0.3 is 0 Å². The van der Waals surface area contributed by atoms with Gasteiger partial charge in [-0.25, -0.2) is 0 Å². The standard InChI is InChI=1S/C26H33ClN2O5/c1-32-21-14-17(15-22(33-2)25(21)34-3)24-20-6-4-5-11-26(20,31)12-13-29(24)16-23(30)28-19-9-7-18(27)8-10-19/h7-10,14-15,20,24,31H,4-6,11-13,16H2,1-3H3,(H,28,30)/t20-,24-,26+/m1/s1. The Morgan fingerprint density at radius 3 is 2.38 bits per heavy atom. The molecule has 2 fully saturated rings. The summed E-state index contributed by atoms with van der Waals surface area (Å²) in [5.41, 5.74) is 0.899. The Morgan fingerprint density at radius 1 is 1.09 bits per heavy atom. The zero-order valence-corrected chi connectivity index (χ0v) is 20.7. The summed E-state index contributed by atoms with van der Waals surface area (Å²) in [7, 11) is 4.76. The molecule has 1 saturated carbocycles. The van der Waals surface area contributed by atoms with E-state index >= 15 is 0 Å². The average Bonchev–Trinajstić information content (AvgIpc) is 2.84. The highest BCUT2D eigenvalue weighted by Crippen LogP contribution is 2.51. The number of aliphatic hydroxyl groups is 1. The molecule has 2 aliphatic rings. The molecule has 1 aliphatic heterocycles. The number of hydrogen-bond acceptors (Lipinski definition) is 6. The zero-order chi connectivity index (χ0) is 24.3. The van der Waals surface area contributed by atoms with Crippen molar-refractivity contribution in [3.05, 3.63) is 47.0 Å². The molecule has 2 N–H and O–H groups in total. The highest BCUT2D eigenvalue weighted by molar-refractivity contribution is 6.30. The Balaban J connectivity index is 1.67. The molecule has 0 unspecified atom stereocenters. The van der Waals surface area contributed by atoms with E-state index in [0.29, 0.717) is 40.9 Å². The number of ether oxygens (including phenoxy) is 3. The lowest BCUT2D eigenvalue weighted by atomic mass is 9.66. The monoisotopic (exact) mass is 488 g/mol. The smallest absolute Gasteiger partial charge is 0.238 e. The minimum Gasteiger partial charge on any atom is -0.493 e. The van der Waals surface area contributed by atoms with Crippen molar-refractivity contribution < 1.29 is 24.1 Å². The van der Waals surface area contributed by atoms with Gasteiger partial charge in [0.05, 0.1) is 33.5 Å². The van der Waals surface area contributed by atoms with E-state index in [1.807, 2.05) is 12.1 Å². The van der Waals surface area contributed by atoms with Crippen molar-refractivity contribution in [3.63, 3.8) is 0 Å². The molecule has 34 heavy (non-hydrogen) atoms. The lowest BCUT2D eigenvalue weighted by Crippen LogP contribution is -2.56. The Kier molecular flexibility index (Phi) is 7.55. The average molecular weight is 489 g/mol. The van der Waals surface area contributed by atoms with Crippen LogP contribution in [0.25, 0.3) is 0 Å². The number of nitrogens with one attached hydrogen (secondary N) is 1. The van der Waals surface area contributed by atoms with Crippen molar-refractivity contribution in [2.45, 2.75) is 43.7 Å². The number of amides is 1. The summed E-state index contributed by atoms with van der Waals surface area (Å²) >= 11 is 5.97. The van der Waals surface area contributed by atoms with Crippen LogP contribution in [0.15, 0.2) is 36.4 Å². The fraction of sp³-hybridized carbons (Fsp3) is 0.500. The van der Waals surface area contributed by atoms with E-state index < -0.39 is 5.60 Å². The summed E-state index contributed by atoms with van der Waals surface area (Å²) in [6.07, 6.45) is 4.40. The largest absolute Gasteiger partial charge is 0.493 e. The molecule has 0 spiro atoms. The summed E-state index contributed by atoms with van der Waals surface area (Å²) in [6.45, 7) is 0.818. The second-order valence-electron chi connectivity index (χ2n) is 9.13. The van der Waals surface area contributed by atoms with Gasteiger partial charge in [0.2, 0.25) is 11.7 Å². The summed E-state index contributed by atoms with van der Waals surface area (Å²) < 4.78 is 16.7. The maximum atomic E-state index is 13.0. The minimum absolute atomic E-state index is 0.00105. The van der Waals surface area contributed by atoms with Crippen LogP contribution in [-0.2, 0) is 4.79 Å². The Bertz CT molecular complexity index is 990. The quantitative estimate of drug-likeness (QED) is 0.589. The van der Waals surface area contributed by atoms with E-state index in [2.05, 4.69) is 10.2 Å². The van der Waals surface area contributed by atoms with Crippen LogP contribution in [0, 0.1) is 5.92 Å². The number of nitrogens with zero attached hydrogens (tertiary/aromatic N) is 1. The van der Waals surface area contributed by atoms with Gasteiger partial charge in [0.25, 0.3) is 0 Å². The highest BCUT2D eigenvalue weighted by Gasteiger charge is 2.49. The second-order valence-corrected chi connectivity index (χ2v) is 9.57. The zero-order valence-electron chi connectivity index (χ0n) is 20.0. The van der Waals surface area contributed by atoms with Crippen LogP contribution in [0.1, 0.15) is 43.7 Å². The maximum absolute atomic E-state index is 13.0. The fourth-order valence-electron chi connectivity index (χ4n) is 5.55. The lowest BCUT2D eigenvalue weighted by molar-refractivity contribution is -0.135. The van der Waals surface area contributed by atoms with Crippen LogP contribution in [-0.4, -0.2) is 55.9 Å². The topological polar surface area (TPSA) is 80.3 Å². The number of carbonyl (C=O) groups is 1. The molecule has 0 aromatic heterocycles. The third-order valence-corrected chi connectivity index (χ3v) is 7.43. The third kappa shape index (κ3) is 4.97. The predicted octanol–water partition coefficient (Wildman–Crippen LogP) is 4.67. The van der Waals surface area contributed by atoms with E-state index in [-0.39, 0.29) is 24.4 Å². The molecule has 2 aromatic carbocycles. The van der Waals surface area contributed by atoms with Gasteiger partial charge < -0.3 is 24.6 Å². The number of anilines is 1. The first-order valence-electron chi connectivity index (χ1n) is 11.7.